The zero-order valence-corrected chi connectivity index (χ0v) is 11.0. The molecule has 1 atom stereocenters. The molecule has 1 heterocycles. The molecule has 18 heavy (non-hydrogen) atoms. The average Bonchev–Trinajstić information content (AvgIpc) is 2.29. The highest BCUT2D eigenvalue weighted by molar-refractivity contribution is 5.78. The molecule has 1 amide bonds. The van der Waals surface area contributed by atoms with Gasteiger partial charge in [-0.1, -0.05) is 0 Å². The maximum atomic E-state index is 11.7. The Hall–Kier alpha value is -1.14. The van der Waals surface area contributed by atoms with Crippen LogP contribution in [0.1, 0.15) is 19.8 Å². The second-order valence-corrected chi connectivity index (χ2v) is 4.81. The van der Waals surface area contributed by atoms with Crippen LogP contribution in [0.2, 0.25) is 0 Å². The molecule has 0 aromatic carbocycles. The molecule has 0 saturated carbocycles. The van der Waals surface area contributed by atoms with E-state index in [2.05, 4.69) is 5.32 Å². The topological polar surface area (TPSA) is 78.9 Å². The molecule has 1 rings (SSSR count). The summed E-state index contributed by atoms with van der Waals surface area (Å²) in [5, 5.41) is 11.7. The van der Waals surface area contributed by atoms with Crippen molar-refractivity contribution in [2.24, 2.45) is 5.92 Å². The minimum absolute atomic E-state index is 0.000872. The summed E-state index contributed by atoms with van der Waals surface area (Å²) in [6.07, 6.45) is 1.24. The van der Waals surface area contributed by atoms with Crippen LogP contribution < -0.4 is 5.32 Å². The fourth-order valence-corrected chi connectivity index (χ4v) is 2.15. The Labute approximate surface area is 107 Å². The number of ether oxygens (including phenoxy) is 1. The fourth-order valence-electron chi connectivity index (χ4n) is 2.15. The highest BCUT2D eigenvalue weighted by atomic mass is 16.5. The highest BCUT2D eigenvalue weighted by Crippen LogP contribution is 2.16. The molecule has 1 aliphatic rings. The van der Waals surface area contributed by atoms with Crippen molar-refractivity contribution in [2.45, 2.75) is 25.8 Å². The largest absolute Gasteiger partial charge is 0.481 e. The van der Waals surface area contributed by atoms with Crippen LogP contribution in [0.4, 0.5) is 0 Å². The summed E-state index contributed by atoms with van der Waals surface area (Å²) in [5.41, 5.74) is 0. The SMILES string of the molecule is COCC(C)NC(=O)CN1CCC(C(=O)O)CC1. The van der Waals surface area contributed by atoms with Gasteiger partial charge in [0.15, 0.2) is 0 Å². The number of hydrogen-bond acceptors (Lipinski definition) is 4. The summed E-state index contributed by atoms with van der Waals surface area (Å²) in [6.45, 7) is 4.05. The van der Waals surface area contributed by atoms with Gasteiger partial charge in [0, 0.05) is 13.2 Å². The van der Waals surface area contributed by atoms with Gasteiger partial charge in [-0.25, -0.2) is 0 Å². The number of carbonyl (C=O) groups is 2. The Morgan fingerprint density at radius 1 is 1.44 bits per heavy atom. The van der Waals surface area contributed by atoms with Crippen molar-refractivity contribution < 1.29 is 19.4 Å². The van der Waals surface area contributed by atoms with Crippen molar-refractivity contribution in [1.82, 2.24) is 10.2 Å². The lowest BCUT2D eigenvalue weighted by atomic mass is 9.97. The molecule has 6 nitrogen and oxygen atoms in total. The second kappa shape index (κ2) is 7.33. The van der Waals surface area contributed by atoms with E-state index in [0.29, 0.717) is 39.1 Å². The van der Waals surface area contributed by atoms with Crippen molar-refractivity contribution in [1.29, 1.82) is 0 Å². The van der Waals surface area contributed by atoms with E-state index in [1.807, 2.05) is 11.8 Å². The minimum atomic E-state index is -0.729. The summed E-state index contributed by atoms with van der Waals surface area (Å²) in [7, 11) is 1.60. The first-order chi connectivity index (χ1) is 8.52. The van der Waals surface area contributed by atoms with Gasteiger partial charge in [-0.05, 0) is 32.9 Å². The molecule has 1 fully saturated rings. The van der Waals surface area contributed by atoms with Gasteiger partial charge < -0.3 is 15.2 Å². The molecule has 0 bridgehead atoms. The maximum Gasteiger partial charge on any atom is 0.306 e. The third-order valence-corrected chi connectivity index (χ3v) is 3.13. The maximum absolute atomic E-state index is 11.7. The van der Waals surface area contributed by atoms with Crippen LogP contribution in [-0.2, 0) is 14.3 Å². The van der Waals surface area contributed by atoms with Crippen LogP contribution in [-0.4, -0.2) is 61.3 Å². The quantitative estimate of drug-likeness (QED) is 0.697. The van der Waals surface area contributed by atoms with Crippen LogP contribution in [0.5, 0.6) is 0 Å². The number of aliphatic carboxylic acids is 1. The van der Waals surface area contributed by atoms with Crippen LogP contribution in [0, 0.1) is 5.92 Å². The second-order valence-electron chi connectivity index (χ2n) is 4.81. The first-order valence-corrected chi connectivity index (χ1v) is 6.26. The fraction of sp³-hybridized carbons (Fsp3) is 0.833. The van der Waals surface area contributed by atoms with Gasteiger partial charge in [-0.15, -0.1) is 0 Å². The number of carboxylic acid groups (broad SMARTS) is 1. The Bertz CT molecular complexity index is 288. The number of hydrogen-bond donors (Lipinski definition) is 2. The molecule has 1 unspecified atom stereocenters. The number of methoxy groups -OCH3 is 1. The summed E-state index contributed by atoms with van der Waals surface area (Å²) in [5.74, 6) is -1.02. The van der Waals surface area contributed by atoms with E-state index in [4.69, 9.17) is 9.84 Å². The van der Waals surface area contributed by atoms with Gasteiger partial charge in [0.25, 0.3) is 0 Å². The Morgan fingerprint density at radius 3 is 2.56 bits per heavy atom. The predicted octanol–water partition coefficient (Wildman–Crippen LogP) is -0.0659. The Morgan fingerprint density at radius 2 is 2.06 bits per heavy atom. The predicted molar refractivity (Wildman–Crippen MR) is 66.3 cm³/mol. The summed E-state index contributed by atoms with van der Waals surface area (Å²) < 4.78 is 4.94. The van der Waals surface area contributed by atoms with E-state index >= 15 is 0 Å². The molecular formula is C12H22N2O4. The lowest BCUT2D eigenvalue weighted by Crippen LogP contribution is -2.45. The molecule has 1 saturated heterocycles. The first-order valence-electron chi connectivity index (χ1n) is 6.26. The summed E-state index contributed by atoms with van der Waals surface area (Å²) >= 11 is 0. The zero-order valence-electron chi connectivity index (χ0n) is 11.0. The lowest BCUT2D eigenvalue weighted by molar-refractivity contribution is -0.143. The van der Waals surface area contributed by atoms with Crippen LogP contribution in [0.3, 0.4) is 0 Å². The van der Waals surface area contributed by atoms with E-state index in [9.17, 15) is 9.59 Å². The van der Waals surface area contributed by atoms with Crippen LogP contribution in [0.15, 0.2) is 0 Å². The molecule has 1 aliphatic heterocycles. The van der Waals surface area contributed by atoms with E-state index in [0.717, 1.165) is 0 Å². The van der Waals surface area contributed by atoms with E-state index < -0.39 is 5.97 Å². The highest BCUT2D eigenvalue weighted by Gasteiger charge is 2.25. The number of rotatable bonds is 6. The van der Waals surface area contributed by atoms with Crippen LogP contribution in [0.25, 0.3) is 0 Å². The standard InChI is InChI=1S/C12H22N2O4/c1-9(8-18-2)13-11(15)7-14-5-3-10(4-6-14)12(16)17/h9-10H,3-8H2,1-2H3,(H,13,15)(H,16,17). The molecular weight excluding hydrogens is 236 g/mol. The third kappa shape index (κ3) is 5.01. The van der Waals surface area contributed by atoms with Crippen molar-refractivity contribution in [3.05, 3.63) is 0 Å². The number of piperidine rings is 1. The monoisotopic (exact) mass is 258 g/mol. The molecule has 0 aromatic heterocycles. The normalized spacial score (nSPS) is 19.4. The van der Waals surface area contributed by atoms with Gasteiger partial charge in [0.05, 0.1) is 19.1 Å². The first kappa shape index (κ1) is 14.9. The van der Waals surface area contributed by atoms with Crippen molar-refractivity contribution in [3.8, 4) is 0 Å². The molecule has 6 heteroatoms. The van der Waals surface area contributed by atoms with Crippen LogP contribution >= 0.6 is 0 Å². The van der Waals surface area contributed by atoms with E-state index in [1.165, 1.54) is 0 Å². The molecule has 0 radical (unpaired) electrons. The van der Waals surface area contributed by atoms with Gasteiger partial charge in [-0.2, -0.15) is 0 Å². The summed E-state index contributed by atoms with van der Waals surface area (Å²) in [4.78, 5) is 24.5. The van der Waals surface area contributed by atoms with E-state index in [1.54, 1.807) is 7.11 Å². The smallest absolute Gasteiger partial charge is 0.306 e. The van der Waals surface area contributed by atoms with Gasteiger partial charge in [0.2, 0.25) is 5.91 Å². The number of carbonyl (C=O) groups excluding carboxylic acids is 1. The number of nitrogens with zero attached hydrogens (tertiary/aromatic N) is 1. The number of likely N-dealkylation sites (tertiary alicyclic amines) is 1. The number of carboxylic acids is 1. The number of nitrogens with one attached hydrogen (secondary N) is 1. The lowest BCUT2D eigenvalue weighted by Gasteiger charge is -2.29. The molecule has 0 spiro atoms. The number of amides is 1. The Balaban J connectivity index is 2.24. The molecule has 0 aliphatic carbocycles. The molecule has 0 aromatic rings. The minimum Gasteiger partial charge on any atom is -0.481 e. The average molecular weight is 258 g/mol. The summed E-state index contributed by atoms with van der Waals surface area (Å²) in [6, 6.07) is -0.000872. The Kier molecular flexibility index (Phi) is 6.07. The van der Waals surface area contributed by atoms with Gasteiger partial charge in [0.1, 0.15) is 0 Å². The molecule has 2 N–H and O–H groups in total. The third-order valence-electron chi connectivity index (χ3n) is 3.13. The molecule has 104 valence electrons. The van der Waals surface area contributed by atoms with E-state index in [-0.39, 0.29) is 17.9 Å². The zero-order chi connectivity index (χ0) is 13.5. The van der Waals surface area contributed by atoms with Crippen molar-refractivity contribution in [2.75, 3.05) is 33.4 Å². The van der Waals surface area contributed by atoms with Gasteiger partial charge >= 0.3 is 5.97 Å². The van der Waals surface area contributed by atoms with Gasteiger partial charge in [-0.3, -0.25) is 14.5 Å². The van der Waals surface area contributed by atoms with Crippen molar-refractivity contribution >= 4 is 11.9 Å². The van der Waals surface area contributed by atoms with Crippen molar-refractivity contribution in [3.63, 3.8) is 0 Å².